The standard InChI is InChI=1S/C25H27N5O6/c31-22(7-8-23(32)33)27-11-9-21-28-18-13-17(24(34)29-12-2-4-20(29)25(35)36)5-6-19(18)30(21)15-16-3-1-10-26-14-16/h1,3,5-6,10,13-14,20H,2,4,7-9,11-12,15H2,(H,27,31)(H,32,33)(H,35,36). The Kier molecular flexibility index (Phi) is 7.57. The summed E-state index contributed by atoms with van der Waals surface area (Å²) in [6.07, 6.45) is 4.58. The lowest BCUT2D eigenvalue weighted by molar-refractivity contribution is -0.141. The van der Waals surface area contributed by atoms with Gasteiger partial charge in [-0.25, -0.2) is 9.78 Å². The fourth-order valence-corrected chi connectivity index (χ4v) is 4.41. The molecule has 0 bridgehead atoms. The van der Waals surface area contributed by atoms with Crippen molar-refractivity contribution in [1.29, 1.82) is 0 Å². The van der Waals surface area contributed by atoms with Crippen molar-refractivity contribution >= 4 is 34.8 Å². The number of nitrogens with one attached hydrogen (secondary N) is 1. The van der Waals surface area contributed by atoms with Gasteiger partial charge in [0.2, 0.25) is 5.91 Å². The molecule has 1 atom stereocenters. The number of fused-ring (bicyclic) bond motifs is 1. The first kappa shape index (κ1) is 24.8. The van der Waals surface area contributed by atoms with E-state index in [2.05, 4.69) is 10.3 Å². The third-order valence-electron chi connectivity index (χ3n) is 6.17. The van der Waals surface area contributed by atoms with Gasteiger partial charge in [-0.1, -0.05) is 6.07 Å². The summed E-state index contributed by atoms with van der Waals surface area (Å²) >= 11 is 0. The van der Waals surface area contributed by atoms with Crippen molar-refractivity contribution in [2.45, 2.75) is 44.7 Å². The summed E-state index contributed by atoms with van der Waals surface area (Å²) < 4.78 is 1.99. The van der Waals surface area contributed by atoms with Crippen molar-refractivity contribution in [2.75, 3.05) is 13.1 Å². The van der Waals surface area contributed by atoms with E-state index in [-0.39, 0.29) is 31.2 Å². The van der Waals surface area contributed by atoms with Crippen LogP contribution in [0.4, 0.5) is 0 Å². The van der Waals surface area contributed by atoms with E-state index in [1.165, 1.54) is 4.90 Å². The van der Waals surface area contributed by atoms with Crippen molar-refractivity contribution in [2.24, 2.45) is 0 Å². The number of nitrogens with zero attached hydrogens (tertiary/aromatic N) is 4. The molecule has 1 aliphatic rings. The van der Waals surface area contributed by atoms with Gasteiger partial charge in [-0.2, -0.15) is 0 Å². The van der Waals surface area contributed by atoms with Gasteiger partial charge in [0.1, 0.15) is 11.9 Å². The highest BCUT2D eigenvalue weighted by Crippen LogP contribution is 2.24. The number of amides is 2. The number of benzene rings is 1. The average Bonchev–Trinajstić information content (AvgIpc) is 3.48. The van der Waals surface area contributed by atoms with E-state index in [0.717, 1.165) is 11.1 Å². The van der Waals surface area contributed by atoms with E-state index in [1.54, 1.807) is 30.6 Å². The summed E-state index contributed by atoms with van der Waals surface area (Å²) in [7, 11) is 0. The van der Waals surface area contributed by atoms with E-state index in [9.17, 15) is 24.3 Å². The second-order valence-corrected chi connectivity index (χ2v) is 8.67. The third-order valence-corrected chi connectivity index (χ3v) is 6.17. The summed E-state index contributed by atoms with van der Waals surface area (Å²) in [6.45, 7) is 1.15. The van der Waals surface area contributed by atoms with Crippen LogP contribution >= 0.6 is 0 Å². The quantitative estimate of drug-likeness (QED) is 0.385. The van der Waals surface area contributed by atoms with E-state index in [0.29, 0.717) is 49.3 Å². The van der Waals surface area contributed by atoms with Gasteiger partial charge in [0, 0.05) is 43.9 Å². The van der Waals surface area contributed by atoms with E-state index >= 15 is 0 Å². The number of pyridine rings is 1. The molecule has 0 saturated carbocycles. The first-order valence-corrected chi connectivity index (χ1v) is 11.7. The Morgan fingerprint density at radius 3 is 2.67 bits per heavy atom. The van der Waals surface area contributed by atoms with Crippen molar-refractivity contribution in [3.05, 3.63) is 59.7 Å². The largest absolute Gasteiger partial charge is 0.481 e. The van der Waals surface area contributed by atoms with E-state index in [1.807, 2.05) is 16.7 Å². The molecule has 2 aromatic heterocycles. The number of carboxylic acids is 2. The molecule has 0 spiro atoms. The Balaban J connectivity index is 1.58. The van der Waals surface area contributed by atoms with E-state index < -0.39 is 18.0 Å². The number of aromatic nitrogens is 3. The molecule has 11 heteroatoms. The monoisotopic (exact) mass is 493 g/mol. The highest BCUT2D eigenvalue weighted by molar-refractivity contribution is 5.99. The van der Waals surface area contributed by atoms with Crippen molar-refractivity contribution in [1.82, 2.24) is 24.8 Å². The molecule has 0 radical (unpaired) electrons. The second kappa shape index (κ2) is 11.0. The zero-order valence-corrected chi connectivity index (χ0v) is 19.6. The maximum Gasteiger partial charge on any atom is 0.326 e. The number of rotatable bonds is 10. The average molecular weight is 494 g/mol. The van der Waals surface area contributed by atoms with Gasteiger partial charge in [-0.3, -0.25) is 19.4 Å². The fourth-order valence-electron chi connectivity index (χ4n) is 4.41. The second-order valence-electron chi connectivity index (χ2n) is 8.67. The summed E-state index contributed by atoms with van der Waals surface area (Å²) in [4.78, 5) is 57.5. The molecule has 3 aromatic rings. The topological polar surface area (TPSA) is 155 Å². The molecule has 11 nitrogen and oxygen atoms in total. The Labute approximate surface area is 206 Å². The van der Waals surface area contributed by atoms with Crippen molar-refractivity contribution in [3.8, 4) is 0 Å². The number of aliphatic carboxylic acids is 2. The predicted molar refractivity (Wildman–Crippen MR) is 128 cm³/mol. The van der Waals surface area contributed by atoms with Crippen molar-refractivity contribution < 1.29 is 29.4 Å². The zero-order chi connectivity index (χ0) is 25.7. The van der Waals surface area contributed by atoms with Crippen LogP contribution in [0.3, 0.4) is 0 Å². The van der Waals surface area contributed by atoms with Crippen LogP contribution in [0.25, 0.3) is 11.0 Å². The molecule has 2 amide bonds. The maximum atomic E-state index is 13.1. The van der Waals surface area contributed by atoms with Crippen LogP contribution in [0.1, 0.15) is 47.4 Å². The van der Waals surface area contributed by atoms with Gasteiger partial charge in [0.25, 0.3) is 5.91 Å². The summed E-state index contributed by atoms with van der Waals surface area (Å²) in [5.74, 6) is -2.04. The molecule has 3 heterocycles. The summed E-state index contributed by atoms with van der Waals surface area (Å²) in [5, 5.41) is 20.9. The van der Waals surface area contributed by atoms with Crippen LogP contribution in [0, 0.1) is 0 Å². The zero-order valence-electron chi connectivity index (χ0n) is 19.6. The Morgan fingerprint density at radius 1 is 1.11 bits per heavy atom. The molecule has 4 rings (SSSR count). The number of hydrogen-bond donors (Lipinski definition) is 3. The minimum absolute atomic E-state index is 0.0965. The third kappa shape index (κ3) is 5.68. The minimum Gasteiger partial charge on any atom is -0.481 e. The van der Waals surface area contributed by atoms with Gasteiger partial charge in [-0.05, 0) is 42.7 Å². The molecule has 1 unspecified atom stereocenters. The van der Waals surface area contributed by atoms with Gasteiger partial charge in [0.05, 0.1) is 24.0 Å². The van der Waals surface area contributed by atoms with Crippen molar-refractivity contribution in [3.63, 3.8) is 0 Å². The Morgan fingerprint density at radius 2 is 1.94 bits per heavy atom. The normalized spacial score (nSPS) is 15.2. The molecule has 188 valence electrons. The predicted octanol–water partition coefficient (Wildman–Crippen LogP) is 1.69. The van der Waals surface area contributed by atoms with Gasteiger partial charge < -0.3 is 25.0 Å². The van der Waals surface area contributed by atoms with Gasteiger partial charge >= 0.3 is 11.9 Å². The van der Waals surface area contributed by atoms with Gasteiger partial charge in [0.15, 0.2) is 0 Å². The maximum absolute atomic E-state index is 13.1. The Hall–Kier alpha value is -4.28. The van der Waals surface area contributed by atoms with Crippen LogP contribution in [0.15, 0.2) is 42.7 Å². The number of carbonyl (C=O) groups excluding carboxylic acids is 2. The smallest absolute Gasteiger partial charge is 0.326 e. The molecule has 1 fully saturated rings. The molecular weight excluding hydrogens is 466 g/mol. The highest BCUT2D eigenvalue weighted by Gasteiger charge is 2.34. The number of likely N-dealkylation sites (tertiary alicyclic amines) is 1. The fraction of sp³-hybridized carbons (Fsp3) is 0.360. The lowest BCUT2D eigenvalue weighted by Crippen LogP contribution is -2.40. The van der Waals surface area contributed by atoms with Crippen LogP contribution in [0.5, 0.6) is 0 Å². The SMILES string of the molecule is O=C(O)CCC(=O)NCCc1nc2cc(C(=O)N3CCCC3C(=O)O)ccc2n1Cc1cccnc1. The minimum atomic E-state index is -1.03. The van der Waals surface area contributed by atoms with Crippen LogP contribution in [-0.2, 0) is 27.3 Å². The molecule has 36 heavy (non-hydrogen) atoms. The molecular formula is C25H27N5O6. The van der Waals surface area contributed by atoms with Crippen LogP contribution in [0.2, 0.25) is 0 Å². The highest BCUT2D eigenvalue weighted by atomic mass is 16.4. The van der Waals surface area contributed by atoms with Crippen LogP contribution < -0.4 is 5.32 Å². The number of hydrogen-bond acceptors (Lipinski definition) is 6. The lowest BCUT2D eigenvalue weighted by Gasteiger charge is -2.21. The van der Waals surface area contributed by atoms with Crippen LogP contribution in [-0.4, -0.2) is 72.5 Å². The summed E-state index contributed by atoms with van der Waals surface area (Å²) in [5.41, 5.74) is 2.70. The Bertz CT molecular complexity index is 1290. The van der Waals surface area contributed by atoms with E-state index in [4.69, 9.17) is 10.1 Å². The first-order chi connectivity index (χ1) is 17.3. The summed E-state index contributed by atoms with van der Waals surface area (Å²) in [6, 6.07) is 8.10. The molecule has 1 aromatic carbocycles. The molecule has 1 saturated heterocycles. The first-order valence-electron chi connectivity index (χ1n) is 11.7. The molecule has 0 aliphatic carbocycles. The van der Waals surface area contributed by atoms with Gasteiger partial charge in [-0.15, -0.1) is 0 Å². The number of carboxylic acid groups (broad SMARTS) is 2. The molecule has 1 aliphatic heterocycles. The molecule has 3 N–H and O–H groups in total. The number of imidazole rings is 1. The number of carbonyl (C=O) groups is 4. The lowest BCUT2D eigenvalue weighted by atomic mass is 10.1.